The topological polar surface area (TPSA) is 157 Å². The van der Waals surface area contributed by atoms with Gasteiger partial charge >= 0.3 is 17.9 Å². The first kappa shape index (κ1) is 35.5. The van der Waals surface area contributed by atoms with Crippen LogP contribution in [0.1, 0.15) is 49.8 Å². The minimum absolute atomic E-state index is 0.163. The molecule has 1 amide bonds. The van der Waals surface area contributed by atoms with Crippen LogP contribution >= 0.6 is 0 Å². The van der Waals surface area contributed by atoms with Crippen LogP contribution in [0.15, 0.2) is 134 Å². The molecule has 54 heavy (non-hydrogen) atoms. The molecule has 1 saturated heterocycles. The Balaban J connectivity index is 1.29. The Hall–Kier alpha value is -6.86. The van der Waals surface area contributed by atoms with E-state index in [1.54, 1.807) is 97.1 Å². The molecule has 13 heteroatoms. The Morgan fingerprint density at radius 2 is 1.26 bits per heavy atom. The zero-order chi connectivity index (χ0) is 37.4. The van der Waals surface area contributed by atoms with Crippen molar-refractivity contribution in [2.45, 2.75) is 38.1 Å². The van der Waals surface area contributed by atoms with Crippen LogP contribution in [0, 0.1) is 0 Å². The molecular weight excluding hydrogens is 692 g/mol. The fraction of sp³-hybridized carbons (Fsp3) is 0.171. The van der Waals surface area contributed by atoms with Gasteiger partial charge in [0.25, 0.3) is 0 Å². The molecule has 7 rings (SSSR count). The Morgan fingerprint density at radius 1 is 0.722 bits per heavy atom. The van der Waals surface area contributed by atoms with E-state index < -0.39 is 42.4 Å². The van der Waals surface area contributed by atoms with E-state index in [0.717, 1.165) is 5.56 Å². The summed E-state index contributed by atoms with van der Waals surface area (Å²) in [4.78, 5) is 61.7. The number of imidazole rings is 1. The van der Waals surface area contributed by atoms with E-state index in [0.29, 0.717) is 16.8 Å². The molecule has 0 unspecified atom stereocenters. The van der Waals surface area contributed by atoms with Gasteiger partial charge in [0.15, 0.2) is 29.8 Å². The van der Waals surface area contributed by atoms with Crippen molar-refractivity contribution in [2.75, 3.05) is 11.9 Å². The molecule has 0 saturated carbocycles. The summed E-state index contributed by atoms with van der Waals surface area (Å²) in [6.07, 6.45) is -3.54. The molecule has 272 valence electrons. The number of anilines is 1. The predicted molar refractivity (Wildman–Crippen MR) is 195 cm³/mol. The van der Waals surface area contributed by atoms with Crippen molar-refractivity contribution < 1.29 is 42.9 Å². The van der Waals surface area contributed by atoms with Gasteiger partial charge in [0.1, 0.15) is 30.7 Å². The summed E-state index contributed by atoms with van der Waals surface area (Å²) in [5, 5.41) is 2.69. The average Bonchev–Trinajstić information content (AvgIpc) is 3.77. The van der Waals surface area contributed by atoms with Crippen LogP contribution in [0.2, 0.25) is 0 Å². The molecule has 4 atom stereocenters. The number of nitrogens with one attached hydrogen (secondary N) is 1. The molecule has 0 radical (unpaired) electrons. The van der Waals surface area contributed by atoms with Gasteiger partial charge in [-0.25, -0.2) is 24.4 Å². The van der Waals surface area contributed by atoms with Gasteiger partial charge in [-0.1, -0.05) is 84.9 Å². The molecular formula is C41H34N4O9. The quantitative estimate of drug-likeness (QED) is 0.114. The molecule has 1 N–H and O–H groups in total. The molecule has 0 bridgehead atoms. The normalized spacial score (nSPS) is 17.7. The number of amides is 1. The van der Waals surface area contributed by atoms with Gasteiger partial charge in [-0.15, -0.1) is 0 Å². The lowest BCUT2D eigenvalue weighted by Crippen LogP contribution is -2.41. The maximum Gasteiger partial charge on any atom is 0.338 e. The highest BCUT2D eigenvalue weighted by molar-refractivity contribution is 5.92. The fourth-order valence-electron chi connectivity index (χ4n) is 5.94. The maximum atomic E-state index is 13.7. The Morgan fingerprint density at radius 3 is 1.83 bits per heavy atom. The lowest BCUT2D eigenvalue weighted by molar-refractivity contribution is -0.114. The van der Waals surface area contributed by atoms with Crippen molar-refractivity contribution in [2.24, 2.45) is 0 Å². The van der Waals surface area contributed by atoms with Gasteiger partial charge in [0.05, 0.1) is 23.0 Å². The highest BCUT2D eigenvalue weighted by Gasteiger charge is 2.52. The summed E-state index contributed by atoms with van der Waals surface area (Å²) < 4.78 is 32.1. The highest BCUT2D eigenvalue weighted by atomic mass is 16.7. The molecule has 0 aliphatic carbocycles. The number of esters is 3. The number of hydrogen-bond acceptors (Lipinski definition) is 11. The largest absolute Gasteiger partial charge is 0.486 e. The molecule has 13 nitrogen and oxygen atoms in total. The number of carbonyl (C=O) groups excluding carboxylic acids is 4. The van der Waals surface area contributed by atoms with Crippen LogP contribution in [0.4, 0.5) is 5.82 Å². The third kappa shape index (κ3) is 8.11. The van der Waals surface area contributed by atoms with E-state index in [2.05, 4.69) is 15.3 Å². The van der Waals surface area contributed by atoms with Crippen molar-refractivity contribution in [3.8, 4) is 5.75 Å². The van der Waals surface area contributed by atoms with E-state index in [1.807, 2.05) is 30.3 Å². The molecule has 0 spiro atoms. The van der Waals surface area contributed by atoms with Crippen LogP contribution in [0.3, 0.4) is 0 Å². The molecule has 1 aliphatic rings. The number of rotatable bonds is 12. The van der Waals surface area contributed by atoms with Crippen LogP contribution in [0.5, 0.6) is 5.75 Å². The SMILES string of the molecule is CC(=O)Nc1cc(OCc2ccccc2)c2ncn([C@@H]3O[C@H](COC(=O)c4ccccc4)[C@@H](OC(=O)c4ccccc4)[C@H]3OC(=O)c3ccccc3)c2n1. The van der Waals surface area contributed by atoms with E-state index in [9.17, 15) is 19.2 Å². The van der Waals surface area contributed by atoms with Gasteiger partial charge in [-0.05, 0) is 42.0 Å². The second-order valence-electron chi connectivity index (χ2n) is 12.3. The summed E-state index contributed by atoms with van der Waals surface area (Å²) in [5.41, 5.74) is 2.19. The van der Waals surface area contributed by atoms with Crippen molar-refractivity contribution in [3.05, 3.63) is 156 Å². The van der Waals surface area contributed by atoms with Crippen molar-refractivity contribution in [1.82, 2.24) is 14.5 Å². The van der Waals surface area contributed by atoms with E-state index in [1.165, 1.54) is 17.8 Å². The summed E-state index contributed by atoms with van der Waals surface area (Å²) in [6.45, 7) is 1.16. The van der Waals surface area contributed by atoms with Crippen LogP contribution in [-0.4, -0.2) is 63.3 Å². The fourth-order valence-corrected chi connectivity index (χ4v) is 5.94. The van der Waals surface area contributed by atoms with Gasteiger partial charge in [0, 0.05) is 13.0 Å². The van der Waals surface area contributed by atoms with Crippen LogP contribution in [-0.2, 0) is 30.3 Å². The minimum atomic E-state index is -1.32. The van der Waals surface area contributed by atoms with E-state index >= 15 is 0 Å². The second-order valence-corrected chi connectivity index (χ2v) is 12.3. The smallest absolute Gasteiger partial charge is 0.338 e. The number of ether oxygens (including phenoxy) is 5. The van der Waals surface area contributed by atoms with Crippen molar-refractivity contribution in [1.29, 1.82) is 0 Å². The minimum Gasteiger partial charge on any atom is -0.486 e. The molecule has 6 aromatic rings. The highest BCUT2D eigenvalue weighted by Crippen LogP contribution is 2.38. The number of pyridine rings is 1. The van der Waals surface area contributed by atoms with Gasteiger partial charge in [-0.3, -0.25) is 9.36 Å². The number of aromatic nitrogens is 3. The monoisotopic (exact) mass is 726 g/mol. The summed E-state index contributed by atoms with van der Waals surface area (Å²) >= 11 is 0. The summed E-state index contributed by atoms with van der Waals surface area (Å²) in [7, 11) is 0. The van der Waals surface area contributed by atoms with E-state index in [4.69, 9.17) is 23.7 Å². The predicted octanol–water partition coefficient (Wildman–Crippen LogP) is 6.17. The van der Waals surface area contributed by atoms with Crippen molar-refractivity contribution in [3.63, 3.8) is 0 Å². The lowest BCUT2D eigenvalue weighted by atomic mass is 10.1. The van der Waals surface area contributed by atoms with Crippen molar-refractivity contribution >= 4 is 40.8 Å². The first-order valence-electron chi connectivity index (χ1n) is 17.1. The number of hydrogen-bond donors (Lipinski definition) is 1. The van der Waals surface area contributed by atoms with Crippen LogP contribution in [0.25, 0.3) is 11.2 Å². The zero-order valence-corrected chi connectivity index (χ0v) is 28.9. The van der Waals surface area contributed by atoms with E-state index in [-0.39, 0.29) is 41.7 Å². The Labute approximate surface area is 309 Å². The van der Waals surface area contributed by atoms with Gasteiger partial charge < -0.3 is 29.0 Å². The second kappa shape index (κ2) is 16.2. The Bertz CT molecular complexity index is 2250. The zero-order valence-electron chi connectivity index (χ0n) is 28.9. The van der Waals surface area contributed by atoms with Crippen LogP contribution < -0.4 is 10.1 Å². The molecule has 3 heterocycles. The number of benzene rings is 4. The first-order chi connectivity index (χ1) is 26.3. The summed E-state index contributed by atoms with van der Waals surface area (Å²) in [5.74, 6) is -1.98. The number of nitrogens with zero attached hydrogens (tertiary/aromatic N) is 3. The standard InChI is InChI=1S/C41H34N4O9/c1-26(46)43-33-22-31(50-23-27-14-6-2-7-15-27)34-37(44-33)45(25-42-34)38-36(54-41(49)30-20-12-5-13-21-30)35(53-40(48)29-18-10-4-11-19-29)32(52-38)24-51-39(47)28-16-8-3-9-17-28/h2-22,25,32,35-36,38H,23-24H2,1H3,(H,43,44,46)/t32-,35-,36-,38-/m1/s1. The molecule has 1 aliphatic heterocycles. The molecule has 2 aromatic heterocycles. The average molecular weight is 727 g/mol. The first-order valence-corrected chi connectivity index (χ1v) is 17.1. The molecule has 4 aromatic carbocycles. The third-order valence-electron chi connectivity index (χ3n) is 8.49. The maximum absolute atomic E-state index is 13.7. The van der Waals surface area contributed by atoms with Gasteiger partial charge in [-0.2, -0.15) is 0 Å². The third-order valence-corrected chi connectivity index (χ3v) is 8.49. The number of carbonyl (C=O) groups is 4. The molecule has 1 fully saturated rings. The number of fused-ring (bicyclic) bond motifs is 1. The Kier molecular flexibility index (Phi) is 10.7. The summed E-state index contributed by atoms with van der Waals surface area (Å²) in [6, 6.07) is 36.0. The lowest BCUT2D eigenvalue weighted by Gasteiger charge is -2.25. The van der Waals surface area contributed by atoms with Gasteiger partial charge in [0.2, 0.25) is 5.91 Å².